The number of nitrogens with two attached hydrogens (primary N) is 3. The van der Waals surface area contributed by atoms with Crippen molar-refractivity contribution in [3.8, 4) is 0 Å². The minimum atomic E-state index is -1.66. The van der Waals surface area contributed by atoms with Crippen molar-refractivity contribution in [1.82, 2.24) is 20.4 Å². The van der Waals surface area contributed by atoms with Gasteiger partial charge < -0.3 is 53.0 Å². The Morgan fingerprint density at radius 3 is 2.00 bits per heavy atom. The Morgan fingerprint density at radius 2 is 1.42 bits per heavy atom. The molecule has 43 heavy (non-hydrogen) atoms. The Morgan fingerprint density at radius 1 is 0.814 bits per heavy atom. The van der Waals surface area contributed by atoms with Gasteiger partial charge in [0.1, 0.15) is 24.2 Å². The highest BCUT2D eigenvalue weighted by molar-refractivity contribution is 5.97. The van der Waals surface area contributed by atoms with E-state index in [0.717, 1.165) is 4.90 Å². The van der Waals surface area contributed by atoms with Crippen molar-refractivity contribution < 1.29 is 48.9 Å². The number of nitrogens with zero attached hydrogens (tertiary/aromatic N) is 3. The van der Waals surface area contributed by atoms with Crippen molar-refractivity contribution in [2.45, 2.75) is 88.0 Å². The number of aliphatic carboxylic acids is 3. The van der Waals surface area contributed by atoms with Gasteiger partial charge in [-0.1, -0.05) is 0 Å². The van der Waals surface area contributed by atoms with Crippen molar-refractivity contribution in [3.63, 3.8) is 0 Å². The largest absolute Gasteiger partial charge is 0.481 e. The van der Waals surface area contributed by atoms with Gasteiger partial charge in [-0.15, -0.1) is 0 Å². The lowest BCUT2D eigenvalue weighted by Crippen LogP contribution is -2.58. The third-order valence-electron chi connectivity index (χ3n) is 7.22. The molecule has 0 spiro atoms. The summed E-state index contributed by atoms with van der Waals surface area (Å²) in [5.74, 6) is -7.28. The molecular formula is C25H40N8O10. The summed E-state index contributed by atoms with van der Waals surface area (Å²) in [5, 5.41) is 32.7. The number of carboxylic acid groups (broad SMARTS) is 3. The van der Waals surface area contributed by atoms with Crippen LogP contribution in [0.1, 0.15) is 57.8 Å². The summed E-state index contributed by atoms with van der Waals surface area (Å²) in [6.07, 6.45) is 0.00497. The molecule has 2 rings (SSSR count). The zero-order valence-electron chi connectivity index (χ0n) is 23.6. The van der Waals surface area contributed by atoms with E-state index in [4.69, 9.17) is 22.3 Å². The van der Waals surface area contributed by atoms with Gasteiger partial charge in [-0.2, -0.15) is 0 Å². The van der Waals surface area contributed by atoms with E-state index in [9.17, 15) is 43.8 Å². The quantitative estimate of drug-likeness (QED) is 0.0483. The Kier molecular flexibility index (Phi) is 13.1. The second kappa shape index (κ2) is 16.2. The molecule has 18 nitrogen and oxygen atoms in total. The van der Waals surface area contributed by atoms with Crippen molar-refractivity contribution in [1.29, 1.82) is 0 Å². The van der Waals surface area contributed by atoms with Crippen LogP contribution in [-0.4, -0.2) is 122 Å². The molecule has 2 aliphatic heterocycles. The van der Waals surface area contributed by atoms with Crippen LogP contribution in [0.2, 0.25) is 0 Å². The van der Waals surface area contributed by atoms with Crippen molar-refractivity contribution in [2.24, 2.45) is 22.2 Å². The monoisotopic (exact) mass is 612 g/mol. The normalized spacial score (nSPS) is 20.0. The molecular weight excluding hydrogens is 572 g/mol. The summed E-state index contributed by atoms with van der Waals surface area (Å²) >= 11 is 0. The van der Waals surface area contributed by atoms with Crippen molar-refractivity contribution >= 4 is 47.5 Å². The Hall–Kier alpha value is -4.48. The standard InChI is InChI=1S/C25H40N8O10/c26-13(4-1-9-29-25(27)28)20(38)30-14(7-8-18(34)35)21(39)31-15(12-19(36)37)22(40)32-10-2-5-16(32)23(41)33-11-3-6-17(33)24(42)43/h13-17H,1-12,26H2,(H,30,38)(H,31,39)(H,34,35)(H,36,37)(H,42,43)(H4,27,28,29)/t13-,14-,15-,16-,17-/m0/s1. The van der Waals surface area contributed by atoms with Crippen LogP contribution in [0.4, 0.5) is 0 Å². The fourth-order valence-electron chi connectivity index (χ4n) is 5.08. The number of likely N-dealkylation sites (tertiary alicyclic amines) is 2. The van der Waals surface area contributed by atoms with Gasteiger partial charge in [0, 0.05) is 26.1 Å². The highest BCUT2D eigenvalue weighted by Gasteiger charge is 2.44. The minimum absolute atomic E-state index is 0.0701. The maximum atomic E-state index is 13.5. The van der Waals surface area contributed by atoms with Crippen LogP contribution in [0.15, 0.2) is 4.99 Å². The summed E-state index contributed by atoms with van der Waals surface area (Å²) in [7, 11) is 0. The molecule has 0 aliphatic carbocycles. The minimum Gasteiger partial charge on any atom is -0.481 e. The van der Waals surface area contributed by atoms with E-state index in [0.29, 0.717) is 19.3 Å². The van der Waals surface area contributed by atoms with Crippen LogP contribution in [-0.2, 0) is 33.6 Å². The average molecular weight is 613 g/mol. The van der Waals surface area contributed by atoms with Gasteiger partial charge in [0.25, 0.3) is 0 Å². The summed E-state index contributed by atoms with van der Waals surface area (Å²) in [6.45, 7) is 0.464. The SMILES string of the molecule is NC(N)=NCCC[C@H](N)C(=O)N[C@@H](CCC(=O)O)C(=O)N[C@@H](CC(=O)O)C(=O)N1CCC[C@H]1C(=O)N1CCC[C@H]1C(=O)O. The topological polar surface area (TPSA) is 301 Å². The number of rotatable bonds is 16. The molecule has 4 amide bonds. The van der Waals surface area contributed by atoms with Crippen LogP contribution in [0, 0.1) is 0 Å². The maximum absolute atomic E-state index is 13.5. The molecule has 0 saturated carbocycles. The number of carbonyl (C=O) groups is 7. The van der Waals surface area contributed by atoms with Gasteiger partial charge >= 0.3 is 17.9 Å². The zero-order valence-corrected chi connectivity index (χ0v) is 23.6. The van der Waals surface area contributed by atoms with Crippen LogP contribution < -0.4 is 27.8 Å². The second-order valence-corrected chi connectivity index (χ2v) is 10.4. The lowest BCUT2D eigenvalue weighted by Gasteiger charge is -2.32. The van der Waals surface area contributed by atoms with Gasteiger partial charge in [0.15, 0.2) is 5.96 Å². The van der Waals surface area contributed by atoms with E-state index in [1.807, 2.05) is 0 Å². The van der Waals surface area contributed by atoms with E-state index < -0.39 is 91.0 Å². The smallest absolute Gasteiger partial charge is 0.326 e. The van der Waals surface area contributed by atoms with Crippen LogP contribution in [0.3, 0.4) is 0 Å². The first-order valence-corrected chi connectivity index (χ1v) is 13.9. The van der Waals surface area contributed by atoms with Crippen LogP contribution >= 0.6 is 0 Å². The molecule has 0 aromatic carbocycles. The molecule has 2 aliphatic rings. The Balaban J connectivity index is 2.17. The molecule has 0 bridgehead atoms. The third-order valence-corrected chi connectivity index (χ3v) is 7.22. The molecule has 18 heteroatoms. The molecule has 240 valence electrons. The summed E-state index contributed by atoms with van der Waals surface area (Å²) in [5.41, 5.74) is 16.4. The Bertz CT molecular complexity index is 1110. The van der Waals surface area contributed by atoms with Crippen molar-refractivity contribution in [3.05, 3.63) is 0 Å². The second-order valence-electron chi connectivity index (χ2n) is 10.4. The Labute approximate surface area is 247 Å². The van der Waals surface area contributed by atoms with E-state index >= 15 is 0 Å². The van der Waals surface area contributed by atoms with Crippen LogP contribution in [0.5, 0.6) is 0 Å². The molecule has 0 radical (unpaired) electrons. The predicted octanol–water partition coefficient (Wildman–Crippen LogP) is -3.26. The van der Waals surface area contributed by atoms with Gasteiger partial charge in [-0.25, -0.2) is 4.79 Å². The van der Waals surface area contributed by atoms with E-state index in [1.54, 1.807) is 0 Å². The fourth-order valence-corrected chi connectivity index (χ4v) is 5.08. The number of amides is 4. The fraction of sp³-hybridized carbons (Fsp3) is 0.680. The average Bonchev–Trinajstić information content (AvgIpc) is 3.62. The first kappa shape index (κ1) is 34.7. The third kappa shape index (κ3) is 10.4. The van der Waals surface area contributed by atoms with Gasteiger partial charge in [-0.3, -0.25) is 33.8 Å². The number of hydrogen-bond donors (Lipinski definition) is 8. The number of carbonyl (C=O) groups excluding carboxylic acids is 4. The zero-order chi connectivity index (χ0) is 32.3. The van der Waals surface area contributed by atoms with Gasteiger partial charge in [-0.05, 0) is 44.9 Å². The number of hydrogen-bond acceptors (Lipinski definition) is 9. The van der Waals surface area contributed by atoms with E-state index in [2.05, 4.69) is 15.6 Å². The van der Waals surface area contributed by atoms with Crippen molar-refractivity contribution in [2.75, 3.05) is 19.6 Å². The highest BCUT2D eigenvalue weighted by Crippen LogP contribution is 2.26. The molecule has 2 heterocycles. The molecule has 5 atom stereocenters. The lowest BCUT2D eigenvalue weighted by atomic mass is 10.1. The van der Waals surface area contributed by atoms with Crippen LogP contribution in [0.25, 0.3) is 0 Å². The van der Waals surface area contributed by atoms with Gasteiger partial charge in [0.05, 0.1) is 12.5 Å². The van der Waals surface area contributed by atoms with E-state index in [1.165, 1.54) is 4.90 Å². The molecule has 0 aromatic rings. The number of carboxylic acids is 3. The highest BCUT2D eigenvalue weighted by atomic mass is 16.4. The summed E-state index contributed by atoms with van der Waals surface area (Å²) in [4.78, 5) is 93.1. The number of nitrogens with one attached hydrogen (secondary N) is 2. The predicted molar refractivity (Wildman–Crippen MR) is 148 cm³/mol. The maximum Gasteiger partial charge on any atom is 0.326 e. The first-order chi connectivity index (χ1) is 20.2. The molecule has 2 saturated heterocycles. The molecule has 0 unspecified atom stereocenters. The first-order valence-electron chi connectivity index (χ1n) is 13.9. The molecule has 2 fully saturated rings. The van der Waals surface area contributed by atoms with E-state index in [-0.39, 0.29) is 44.9 Å². The molecule has 11 N–H and O–H groups in total. The number of guanidine groups is 1. The lowest BCUT2D eigenvalue weighted by molar-refractivity contribution is -0.153. The molecule has 0 aromatic heterocycles. The summed E-state index contributed by atoms with van der Waals surface area (Å²) in [6, 6.07) is -6.32. The number of aliphatic imine (C=N–C) groups is 1. The van der Waals surface area contributed by atoms with Gasteiger partial charge in [0.2, 0.25) is 23.6 Å². The summed E-state index contributed by atoms with van der Waals surface area (Å²) < 4.78 is 0.